The number of nitrogens with zero attached hydrogens (tertiary/aromatic N) is 2. The van der Waals surface area contributed by atoms with Crippen molar-refractivity contribution in [2.75, 3.05) is 6.61 Å². The Kier molecular flexibility index (Phi) is 4.81. The lowest BCUT2D eigenvalue weighted by Gasteiger charge is -2.33. The van der Waals surface area contributed by atoms with E-state index >= 15 is 0 Å². The first kappa shape index (κ1) is 15.4. The highest BCUT2D eigenvalue weighted by Gasteiger charge is 2.39. The molecule has 0 radical (unpaired) electrons. The van der Waals surface area contributed by atoms with Gasteiger partial charge in [-0.3, -0.25) is 0 Å². The van der Waals surface area contributed by atoms with E-state index in [4.69, 9.17) is 15.0 Å². The molecule has 1 saturated carbocycles. The van der Waals surface area contributed by atoms with Gasteiger partial charge in [0.05, 0.1) is 0 Å². The predicted molar refractivity (Wildman–Crippen MR) is 77.3 cm³/mol. The maximum Gasteiger partial charge on any atom is 0.226 e. The van der Waals surface area contributed by atoms with Crippen LogP contribution in [-0.4, -0.2) is 22.3 Å². The number of nitrogens with two attached hydrogens (primary N) is 1. The van der Waals surface area contributed by atoms with Gasteiger partial charge in [0.2, 0.25) is 11.7 Å². The molecule has 2 N–H and O–H groups in total. The second-order valence-corrected chi connectivity index (χ2v) is 6.49. The van der Waals surface area contributed by atoms with Crippen LogP contribution in [0.3, 0.4) is 0 Å². The summed E-state index contributed by atoms with van der Waals surface area (Å²) in [5.74, 6) is 1.40. The third-order valence-electron chi connectivity index (χ3n) is 3.94. The van der Waals surface area contributed by atoms with Gasteiger partial charge in [0.25, 0.3) is 0 Å². The topological polar surface area (TPSA) is 74.2 Å². The Labute approximate surface area is 121 Å². The molecule has 5 heteroatoms. The van der Waals surface area contributed by atoms with Gasteiger partial charge in [-0.05, 0) is 40.0 Å². The van der Waals surface area contributed by atoms with E-state index in [0.29, 0.717) is 12.5 Å². The van der Waals surface area contributed by atoms with Gasteiger partial charge in [0.1, 0.15) is 5.60 Å². The van der Waals surface area contributed by atoms with E-state index < -0.39 is 0 Å². The minimum Gasteiger partial charge on any atom is -0.367 e. The van der Waals surface area contributed by atoms with Crippen LogP contribution < -0.4 is 5.73 Å². The number of aromatic nitrogens is 2. The zero-order chi connectivity index (χ0) is 14.6. The van der Waals surface area contributed by atoms with Crippen LogP contribution in [0, 0.1) is 0 Å². The van der Waals surface area contributed by atoms with Gasteiger partial charge in [0.15, 0.2) is 0 Å². The zero-order valence-electron chi connectivity index (χ0n) is 12.9. The minimum atomic E-state index is -0.326. The van der Waals surface area contributed by atoms with Crippen LogP contribution in [0.15, 0.2) is 4.52 Å². The molecule has 0 amide bonds. The van der Waals surface area contributed by atoms with E-state index in [9.17, 15) is 0 Å². The Hall–Kier alpha value is -0.940. The Morgan fingerprint density at radius 2 is 2.00 bits per heavy atom. The molecular weight excluding hydrogens is 254 g/mol. The number of aryl methyl sites for hydroxylation is 1. The molecule has 20 heavy (non-hydrogen) atoms. The van der Waals surface area contributed by atoms with E-state index in [1.165, 1.54) is 19.3 Å². The van der Waals surface area contributed by atoms with Crippen LogP contribution in [0.25, 0.3) is 0 Å². The first-order valence-electron chi connectivity index (χ1n) is 7.71. The standard InChI is InChI=1S/C15H27N3O2/c1-4-19-15(9-6-5-7-10-15)13-17-12(20-18-13)8-11-14(2,3)16/h4-11,16H2,1-3H3. The minimum absolute atomic E-state index is 0.211. The van der Waals surface area contributed by atoms with Gasteiger partial charge in [-0.25, -0.2) is 0 Å². The first-order chi connectivity index (χ1) is 9.45. The molecule has 0 atom stereocenters. The van der Waals surface area contributed by atoms with Gasteiger partial charge < -0.3 is 15.0 Å². The van der Waals surface area contributed by atoms with Gasteiger partial charge in [0, 0.05) is 18.6 Å². The number of hydrogen-bond donors (Lipinski definition) is 1. The van der Waals surface area contributed by atoms with Crippen molar-refractivity contribution < 1.29 is 9.26 Å². The molecule has 5 nitrogen and oxygen atoms in total. The Bertz CT molecular complexity index is 411. The molecule has 1 aromatic rings. The van der Waals surface area contributed by atoms with Gasteiger partial charge in [-0.15, -0.1) is 0 Å². The number of rotatable bonds is 6. The van der Waals surface area contributed by atoms with E-state index in [0.717, 1.165) is 31.5 Å². The fourth-order valence-corrected chi connectivity index (χ4v) is 2.80. The first-order valence-corrected chi connectivity index (χ1v) is 7.71. The van der Waals surface area contributed by atoms with Crippen LogP contribution in [0.2, 0.25) is 0 Å². The molecular formula is C15H27N3O2. The highest BCUT2D eigenvalue weighted by atomic mass is 16.5. The molecule has 114 valence electrons. The van der Waals surface area contributed by atoms with Crippen LogP contribution >= 0.6 is 0 Å². The molecule has 1 heterocycles. The summed E-state index contributed by atoms with van der Waals surface area (Å²) in [5, 5.41) is 4.18. The summed E-state index contributed by atoms with van der Waals surface area (Å²) in [6.45, 7) is 6.72. The molecule has 0 aliphatic heterocycles. The lowest BCUT2D eigenvalue weighted by atomic mass is 9.84. The molecule has 1 aromatic heterocycles. The summed E-state index contributed by atoms with van der Waals surface area (Å²) in [7, 11) is 0. The molecule has 0 spiro atoms. The molecule has 1 aliphatic rings. The zero-order valence-corrected chi connectivity index (χ0v) is 12.9. The fraction of sp³-hybridized carbons (Fsp3) is 0.867. The lowest BCUT2D eigenvalue weighted by Crippen LogP contribution is -2.34. The number of ether oxygens (including phenoxy) is 1. The quantitative estimate of drug-likeness (QED) is 0.867. The summed E-state index contributed by atoms with van der Waals surface area (Å²) >= 11 is 0. The summed E-state index contributed by atoms with van der Waals surface area (Å²) in [5.41, 5.74) is 5.45. The lowest BCUT2D eigenvalue weighted by molar-refractivity contribution is -0.0777. The summed E-state index contributed by atoms with van der Waals surface area (Å²) in [4.78, 5) is 4.57. The third kappa shape index (κ3) is 3.79. The van der Waals surface area contributed by atoms with E-state index in [-0.39, 0.29) is 11.1 Å². The largest absolute Gasteiger partial charge is 0.367 e. The SMILES string of the molecule is CCOC1(c2noc(CCC(C)(C)N)n2)CCCCC1. The van der Waals surface area contributed by atoms with Crippen molar-refractivity contribution in [3.8, 4) is 0 Å². The normalized spacial score (nSPS) is 19.2. The predicted octanol–water partition coefficient (Wildman–Crippen LogP) is 2.94. The summed E-state index contributed by atoms with van der Waals surface area (Å²) in [6.07, 6.45) is 7.12. The van der Waals surface area contributed by atoms with Gasteiger partial charge >= 0.3 is 0 Å². The maximum atomic E-state index is 6.01. The Morgan fingerprint density at radius 3 is 2.60 bits per heavy atom. The average Bonchev–Trinajstić information content (AvgIpc) is 2.86. The number of hydrogen-bond acceptors (Lipinski definition) is 5. The van der Waals surface area contributed by atoms with Gasteiger partial charge in [-0.2, -0.15) is 4.98 Å². The molecule has 1 aliphatic carbocycles. The van der Waals surface area contributed by atoms with Crippen molar-refractivity contribution in [2.45, 2.75) is 76.9 Å². The van der Waals surface area contributed by atoms with Crippen molar-refractivity contribution >= 4 is 0 Å². The molecule has 0 saturated heterocycles. The Morgan fingerprint density at radius 1 is 1.30 bits per heavy atom. The smallest absolute Gasteiger partial charge is 0.226 e. The summed E-state index contributed by atoms with van der Waals surface area (Å²) in [6, 6.07) is 0. The molecule has 0 bridgehead atoms. The van der Waals surface area contributed by atoms with Crippen LogP contribution in [0.1, 0.15) is 71.0 Å². The van der Waals surface area contributed by atoms with Crippen molar-refractivity contribution in [1.82, 2.24) is 10.1 Å². The fourth-order valence-electron chi connectivity index (χ4n) is 2.80. The van der Waals surface area contributed by atoms with Crippen LogP contribution in [0.5, 0.6) is 0 Å². The third-order valence-corrected chi connectivity index (χ3v) is 3.94. The highest BCUT2D eigenvalue weighted by molar-refractivity contribution is 5.03. The molecule has 2 rings (SSSR count). The second kappa shape index (κ2) is 6.22. The maximum absolute atomic E-state index is 6.01. The second-order valence-electron chi connectivity index (χ2n) is 6.49. The Balaban J connectivity index is 2.08. The van der Waals surface area contributed by atoms with Crippen molar-refractivity contribution in [2.24, 2.45) is 5.73 Å². The van der Waals surface area contributed by atoms with Crippen molar-refractivity contribution in [3.63, 3.8) is 0 Å². The van der Waals surface area contributed by atoms with E-state index in [1.807, 2.05) is 20.8 Å². The van der Waals surface area contributed by atoms with Crippen molar-refractivity contribution in [3.05, 3.63) is 11.7 Å². The van der Waals surface area contributed by atoms with E-state index in [1.54, 1.807) is 0 Å². The molecule has 0 unspecified atom stereocenters. The average molecular weight is 281 g/mol. The van der Waals surface area contributed by atoms with Gasteiger partial charge in [-0.1, -0.05) is 24.4 Å². The van der Waals surface area contributed by atoms with Crippen LogP contribution in [-0.2, 0) is 16.8 Å². The monoisotopic (exact) mass is 281 g/mol. The molecule has 0 aromatic carbocycles. The van der Waals surface area contributed by atoms with Crippen molar-refractivity contribution in [1.29, 1.82) is 0 Å². The van der Waals surface area contributed by atoms with Crippen LogP contribution in [0.4, 0.5) is 0 Å². The summed E-state index contributed by atoms with van der Waals surface area (Å²) < 4.78 is 11.4. The molecule has 1 fully saturated rings. The van der Waals surface area contributed by atoms with E-state index in [2.05, 4.69) is 10.1 Å². The highest BCUT2D eigenvalue weighted by Crippen LogP contribution is 2.39.